The quantitative estimate of drug-likeness (QED) is 0.754. The lowest BCUT2D eigenvalue weighted by Crippen LogP contribution is -2.48. The molecule has 1 aliphatic rings. The molecule has 1 aliphatic heterocycles. The van der Waals surface area contributed by atoms with E-state index in [1.54, 1.807) is 25.3 Å². The maximum absolute atomic E-state index is 12.5. The number of esters is 1. The van der Waals surface area contributed by atoms with Crippen LogP contribution in [0.5, 0.6) is 0 Å². The number of nitrogens with zero attached hydrogens (tertiary/aromatic N) is 1. The van der Waals surface area contributed by atoms with Crippen LogP contribution in [0.1, 0.15) is 37.0 Å². The number of thiophene rings is 1. The molecule has 8 heteroatoms. The third kappa shape index (κ3) is 4.33. The predicted octanol–water partition coefficient (Wildman–Crippen LogP) is 1.45. The van der Waals surface area contributed by atoms with Gasteiger partial charge < -0.3 is 15.8 Å². The molecule has 2 unspecified atom stereocenters. The van der Waals surface area contributed by atoms with Crippen LogP contribution in [0.4, 0.5) is 5.00 Å². The average molecular weight is 353 g/mol. The highest BCUT2D eigenvalue weighted by Crippen LogP contribution is 2.24. The summed E-state index contributed by atoms with van der Waals surface area (Å²) >= 11 is 1.26. The van der Waals surface area contributed by atoms with Crippen molar-refractivity contribution in [2.75, 3.05) is 25.0 Å². The highest BCUT2D eigenvalue weighted by atomic mass is 32.1. The summed E-state index contributed by atoms with van der Waals surface area (Å²) < 4.78 is 5.08. The number of nitrogens with one attached hydrogen (secondary N) is 1. The molecule has 7 nitrogen and oxygen atoms in total. The first kappa shape index (κ1) is 18.4. The number of piperidine rings is 1. The number of likely N-dealkylation sites (tertiary alicyclic amines) is 1. The standard InChI is InChI=1S/C16H23N3O4S/c1-3-23-16(22)11-5-4-7-19(9-11)10(2)14(21)18-15-12(13(17)20)6-8-24-15/h6,8,10-11H,3-5,7,9H2,1-2H3,(H2,17,20)(H,18,21). The molecule has 0 radical (unpaired) electrons. The molecule has 0 aliphatic carbocycles. The van der Waals surface area contributed by atoms with Gasteiger partial charge in [0, 0.05) is 6.54 Å². The molecule has 2 atom stereocenters. The summed E-state index contributed by atoms with van der Waals surface area (Å²) in [4.78, 5) is 37.7. The Morgan fingerprint density at radius 1 is 1.50 bits per heavy atom. The number of carbonyl (C=O) groups excluding carboxylic acids is 3. The van der Waals surface area contributed by atoms with Crippen molar-refractivity contribution in [3.8, 4) is 0 Å². The summed E-state index contributed by atoms with van der Waals surface area (Å²) in [6.45, 7) is 5.18. The SMILES string of the molecule is CCOC(=O)C1CCCN(C(C)C(=O)Nc2sccc2C(N)=O)C1. The molecule has 132 valence electrons. The first-order valence-corrected chi connectivity index (χ1v) is 8.90. The minimum absolute atomic E-state index is 0.197. The van der Waals surface area contributed by atoms with Gasteiger partial charge in [0.2, 0.25) is 5.91 Å². The Hall–Kier alpha value is -1.93. The zero-order chi connectivity index (χ0) is 17.7. The van der Waals surface area contributed by atoms with Crippen molar-refractivity contribution in [1.29, 1.82) is 0 Å². The largest absolute Gasteiger partial charge is 0.466 e. The van der Waals surface area contributed by atoms with Gasteiger partial charge in [0.1, 0.15) is 5.00 Å². The van der Waals surface area contributed by atoms with Gasteiger partial charge in [-0.3, -0.25) is 19.3 Å². The van der Waals surface area contributed by atoms with Gasteiger partial charge in [-0.1, -0.05) is 0 Å². The van der Waals surface area contributed by atoms with Gasteiger partial charge in [-0.15, -0.1) is 11.3 Å². The van der Waals surface area contributed by atoms with Crippen molar-refractivity contribution >= 4 is 34.1 Å². The molecule has 0 saturated carbocycles. The second-order valence-electron chi connectivity index (χ2n) is 5.78. The van der Waals surface area contributed by atoms with Gasteiger partial charge in [-0.2, -0.15) is 0 Å². The Balaban J connectivity index is 1.98. The fourth-order valence-corrected chi connectivity index (χ4v) is 3.59. The summed E-state index contributed by atoms with van der Waals surface area (Å²) in [6.07, 6.45) is 1.62. The summed E-state index contributed by atoms with van der Waals surface area (Å²) in [5.41, 5.74) is 5.60. The van der Waals surface area contributed by atoms with Gasteiger partial charge in [0.25, 0.3) is 5.91 Å². The molecular formula is C16H23N3O4S. The van der Waals surface area contributed by atoms with E-state index < -0.39 is 11.9 Å². The fourth-order valence-electron chi connectivity index (χ4n) is 2.79. The minimum atomic E-state index is -0.570. The van der Waals surface area contributed by atoms with Crippen molar-refractivity contribution in [3.05, 3.63) is 17.0 Å². The number of hydrogen-bond donors (Lipinski definition) is 2. The van der Waals surface area contributed by atoms with Crippen molar-refractivity contribution < 1.29 is 19.1 Å². The molecule has 0 spiro atoms. The van der Waals surface area contributed by atoms with Crippen LogP contribution in [-0.4, -0.2) is 48.4 Å². The van der Waals surface area contributed by atoms with Crippen LogP contribution in [0, 0.1) is 5.92 Å². The van der Waals surface area contributed by atoms with E-state index in [0.29, 0.717) is 23.7 Å². The van der Waals surface area contributed by atoms with Crippen LogP contribution in [0.15, 0.2) is 11.4 Å². The number of ether oxygens (including phenoxy) is 1. The second-order valence-corrected chi connectivity index (χ2v) is 6.70. The molecule has 1 fully saturated rings. The van der Waals surface area contributed by atoms with E-state index in [4.69, 9.17) is 10.5 Å². The lowest BCUT2D eigenvalue weighted by molar-refractivity contribution is -0.150. The van der Waals surface area contributed by atoms with E-state index in [-0.39, 0.29) is 17.8 Å². The second kappa shape index (κ2) is 8.25. The topological polar surface area (TPSA) is 102 Å². The molecule has 0 bridgehead atoms. The number of hydrogen-bond acceptors (Lipinski definition) is 6. The van der Waals surface area contributed by atoms with E-state index in [1.807, 2.05) is 4.90 Å². The lowest BCUT2D eigenvalue weighted by atomic mass is 9.97. The highest BCUT2D eigenvalue weighted by molar-refractivity contribution is 7.14. The first-order chi connectivity index (χ1) is 11.4. The molecule has 1 aromatic heterocycles. The maximum atomic E-state index is 12.5. The smallest absolute Gasteiger partial charge is 0.310 e. The Morgan fingerprint density at radius 2 is 2.25 bits per heavy atom. The Labute approximate surface area is 145 Å². The van der Waals surface area contributed by atoms with Gasteiger partial charge in [-0.25, -0.2) is 0 Å². The maximum Gasteiger partial charge on any atom is 0.310 e. The normalized spacial score (nSPS) is 19.5. The summed E-state index contributed by atoms with van der Waals surface area (Å²) in [5.74, 6) is -1.19. The first-order valence-electron chi connectivity index (χ1n) is 8.02. The van der Waals surface area contributed by atoms with Crippen LogP contribution in [-0.2, 0) is 14.3 Å². The van der Waals surface area contributed by atoms with E-state index in [9.17, 15) is 14.4 Å². The summed E-state index contributed by atoms with van der Waals surface area (Å²) in [7, 11) is 0. The zero-order valence-corrected chi connectivity index (χ0v) is 14.7. The van der Waals surface area contributed by atoms with Gasteiger partial charge in [0.15, 0.2) is 0 Å². The van der Waals surface area contributed by atoms with Crippen LogP contribution < -0.4 is 11.1 Å². The molecule has 24 heavy (non-hydrogen) atoms. The van der Waals surface area contributed by atoms with Crippen molar-refractivity contribution in [2.24, 2.45) is 11.7 Å². The highest BCUT2D eigenvalue weighted by Gasteiger charge is 2.31. The lowest BCUT2D eigenvalue weighted by Gasteiger charge is -2.35. The predicted molar refractivity (Wildman–Crippen MR) is 91.9 cm³/mol. The molecule has 1 aromatic rings. The Kier molecular flexibility index (Phi) is 6.33. The molecular weight excluding hydrogens is 330 g/mol. The van der Waals surface area contributed by atoms with Gasteiger partial charge >= 0.3 is 5.97 Å². The van der Waals surface area contributed by atoms with Crippen LogP contribution in [0.25, 0.3) is 0 Å². The molecule has 2 amide bonds. The molecule has 3 N–H and O–H groups in total. The third-order valence-corrected chi connectivity index (χ3v) is 5.00. The molecule has 2 rings (SSSR count). The van der Waals surface area contributed by atoms with Crippen LogP contribution in [0.2, 0.25) is 0 Å². The Morgan fingerprint density at radius 3 is 2.92 bits per heavy atom. The van der Waals surface area contributed by atoms with Crippen molar-refractivity contribution in [1.82, 2.24) is 4.90 Å². The van der Waals surface area contributed by atoms with E-state index in [2.05, 4.69) is 5.32 Å². The molecule has 1 saturated heterocycles. The third-order valence-electron chi connectivity index (χ3n) is 4.17. The van der Waals surface area contributed by atoms with Gasteiger partial charge in [-0.05, 0) is 44.7 Å². The minimum Gasteiger partial charge on any atom is -0.466 e. The monoisotopic (exact) mass is 353 g/mol. The van der Waals surface area contributed by atoms with E-state index in [0.717, 1.165) is 19.4 Å². The average Bonchev–Trinajstić information content (AvgIpc) is 3.02. The molecule has 2 heterocycles. The molecule has 0 aromatic carbocycles. The van der Waals surface area contributed by atoms with Gasteiger partial charge in [0.05, 0.1) is 24.1 Å². The Bertz CT molecular complexity index is 616. The van der Waals surface area contributed by atoms with E-state index >= 15 is 0 Å². The fraction of sp³-hybridized carbons (Fsp3) is 0.562. The van der Waals surface area contributed by atoms with Crippen LogP contribution >= 0.6 is 11.3 Å². The number of rotatable bonds is 6. The van der Waals surface area contributed by atoms with Crippen molar-refractivity contribution in [3.63, 3.8) is 0 Å². The number of primary amides is 1. The number of nitrogens with two attached hydrogens (primary N) is 1. The summed E-state index contributed by atoms with van der Waals surface area (Å²) in [5, 5.41) is 4.92. The zero-order valence-electron chi connectivity index (χ0n) is 13.9. The van der Waals surface area contributed by atoms with Crippen molar-refractivity contribution in [2.45, 2.75) is 32.7 Å². The summed E-state index contributed by atoms with van der Waals surface area (Å²) in [6, 6.07) is 1.18. The van der Waals surface area contributed by atoms with E-state index in [1.165, 1.54) is 11.3 Å². The van der Waals surface area contributed by atoms with Crippen LogP contribution in [0.3, 0.4) is 0 Å². The number of anilines is 1. The number of amides is 2. The number of carbonyl (C=O) groups is 3.